The molecule has 258 valence electrons. The highest BCUT2D eigenvalue weighted by Crippen LogP contribution is 2.49. The van der Waals surface area contributed by atoms with E-state index in [1.165, 1.54) is 53.2 Å². The van der Waals surface area contributed by atoms with Crippen LogP contribution < -0.4 is 4.90 Å². The summed E-state index contributed by atoms with van der Waals surface area (Å²) in [5, 5.41) is 7.20. The Balaban J connectivity index is 1.14. The van der Waals surface area contributed by atoms with E-state index in [2.05, 4.69) is 205 Å². The number of fused-ring (bicyclic) bond motifs is 7. The number of benzene rings is 9. The molecular formula is C52H33NOS. The first-order valence-corrected chi connectivity index (χ1v) is 19.5. The third kappa shape index (κ3) is 5.24. The second-order valence-corrected chi connectivity index (χ2v) is 15.1. The van der Waals surface area contributed by atoms with Gasteiger partial charge in [-0.05, 0) is 68.9 Å². The van der Waals surface area contributed by atoms with Gasteiger partial charge < -0.3 is 9.32 Å². The van der Waals surface area contributed by atoms with E-state index >= 15 is 0 Å². The van der Waals surface area contributed by atoms with Crippen LogP contribution in [0, 0.1) is 0 Å². The normalized spacial score (nSPS) is 11.6. The number of nitrogens with zero attached hydrogens (tertiary/aromatic N) is 1. The van der Waals surface area contributed by atoms with Gasteiger partial charge in [0.15, 0.2) is 5.58 Å². The second kappa shape index (κ2) is 12.9. The molecular weight excluding hydrogens is 687 g/mol. The Kier molecular flexibility index (Phi) is 7.39. The lowest BCUT2D eigenvalue weighted by Gasteiger charge is -2.26. The summed E-state index contributed by atoms with van der Waals surface area (Å²) in [4.78, 5) is 2.41. The average molecular weight is 720 g/mol. The lowest BCUT2D eigenvalue weighted by Crippen LogP contribution is -2.10. The van der Waals surface area contributed by atoms with Gasteiger partial charge in [-0.25, -0.2) is 0 Å². The standard InChI is InChI=1S/C52H33NOS/c1-2-13-34(14-3-1)35-29-31-37(32-30-35)42-22-10-23-44-45-24-11-26-47(51(45)54-50(42)44)53(48-27-12-25-46-43-20-6-7-28-49(43)55-52(46)48)39-18-8-17-38(33-39)41-21-9-16-36-15-4-5-19-40(36)41/h1-33H. The number of para-hydroxylation sites is 2. The summed E-state index contributed by atoms with van der Waals surface area (Å²) in [6, 6.07) is 72.0. The molecule has 0 aliphatic carbocycles. The van der Waals surface area contributed by atoms with Crippen molar-refractivity contribution in [2.24, 2.45) is 0 Å². The molecule has 0 saturated carbocycles. The first kappa shape index (κ1) is 31.6. The quantitative estimate of drug-likeness (QED) is 0.170. The summed E-state index contributed by atoms with van der Waals surface area (Å²) in [5.41, 5.74) is 11.9. The van der Waals surface area contributed by atoms with Gasteiger partial charge in [0.1, 0.15) is 5.58 Å². The zero-order chi connectivity index (χ0) is 36.3. The number of anilines is 3. The lowest BCUT2D eigenvalue weighted by atomic mass is 9.97. The van der Waals surface area contributed by atoms with Crippen LogP contribution in [0.2, 0.25) is 0 Å². The average Bonchev–Trinajstić information content (AvgIpc) is 3.84. The van der Waals surface area contributed by atoms with Crippen molar-refractivity contribution in [1.29, 1.82) is 0 Å². The van der Waals surface area contributed by atoms with Gasteiger partial charge in [0, 0.05) is 37.5 Å². The van der Waals surface area contributed by atoms with Crippen LogP contribution in [0.15, 0.2) is 205 Å². The molecule has 0 aliphatic heterocycles. The number of rotatable bonds is 6. The minimum atomic E-state index is 0.861. The zero-order valence-corrected chi connectivity index (χ0v) is 30.6. The van der Waals surface area contributed by atoms with Crippen molar-refractivity contribution in [1.82, 2.24) is 0 Å². The fraction of sp³-hybridized carbons (Fsp3) is 0. The fourth-order valence-electron chi connectivity index (χ4n) is 8.29. The predicted octanol–water partition coefficient (Wildman–Crippen LogP) is 15.6. The Hall–Kier alpha value is -6.94. The molecule has 0 aliphatic rings. The topological polar surface area (TPSA) is 16.4 Å². The number of thiophene rings is 1. The van der Waals surface area contributed by atoms with Gasteiger partial charge in [-0.3, -0.25) is 0 Å². The van der Waals surface area contributed by atoms with E-state index in [0.717, 1.165) is 50.1 Å². The van der Waals surface area contributed by atoms with Crippen LogP contribution in [-0.2, 0) is 0 Å². The van der Waals surface area contributed by atoms with Crippen molar-refractivity contribution in [3.63, 3.8) is 0 Å². The molecule has 2 aromatic heterocycles. The maximum Gasteiger partial charge on any atom is 0.159 e. The van der Waals surface area contributed by atoms with Gasteiger partial charge in [0.05, 0.1) is 16.1 Å². The SMILES string of the molecule is c1ccc(-c2ccc(-c3cccc4c3oc3c(N(c5cccc(-c6cccc7ccccc67)c5)c5cccc6c5sc5ccccc56)cccc34)cc2)cc1. The van der Waals surface area contributed by atoms with Gasteiger partial charge in [-0.15, -0.1) is 11.3 Å². The Labute approximate surface area is 322 Å². The first-order valence-electron chi connectivity index (χ1n) is 18.7. The van der Waals surface area contributed by atoms with Crippen LogP contribution in [0.25, 0.3) is 86.3 Å². The Morgan fingerprint density at radius 1 is 0.364 bits per heavy atom. The Morgan fingerprint density at radius 3 is 1.82 bits per heavy atom. The van der Waals surface area contributed by atoms with Crippen molar-refractivity contribution >= 4 is 81.3 Å². The van der Waals surface area contributed by atoms with Crippen molar-refractivity contribution in [3.8, 4) is 33.4 Å². The first-order chi connectivity index (χ1) is 27.3. The van der Waals surface area contributed by atoms with E-state index in [1.807, 2.05) is 11.3 Å². The summed E-state index contributed by atoms with van der Waals surface area (Å²) in [7, 11) is 0. The third-order valence-corrected chi connectivity index (χ3v) is 12.1. The summed E-state index contributed by atoms with van der Waals surface area (Å²) in [6.07, 6.45) is 0. The van der Waals surface area contributed by atoms with Gasteiger partial charge in [-0.2, -0.15) is 0 Å². The molecule has 0 radical (unpaired) electrons. The van der Waals surface area contributed by atoms with E-state index in [-0.39, 0.29) is 0 Å². The molecule has 0 fully saturated rings. The van der Waals surface area contributed by atoms with Gasteiger partial charge in [-0.1, -0.05) is 170 Å². The minimum Gasteiger partial charge on any atom is -0.453 e. The van der Waals surface area contributed by atoms with Crippen molar-refractivity contribution in [3.05, 3.63) is 200 Å². The molecule has 0 atom stereocenters. The summed E-state index contributed by atoms with van der Waals surface area (Å²) < 4.78 is 9.63. The van der Waals surface area contributed by atoms with Crippen molar-refractivity contribution in [2.45, 2.75) is 0 Å². The van der Waals surface area contributed by atoms with Gasteiger partial charge >= 0.3 is 0 Å². The molecule has 2 heterocycles. The smallest absolute Gasteiger partial charge is 0.159 e. The molecule has 0 bridgehead atoms. The van der Waals surface area contributed by atoms with Crippen LogP contribution >= 0.6 is 11.3 Å². The number of hydrogen-bond donors (Lipinski definition) is 0. The van der Waals surface area contributed by atoms with E-state index in [4.69, 9.17) is 4.42 Å². The molecule has 11 aromatic rings. The minimum absolute atomic E-state index is 0.861. The van der Waals surface area contributed by atoms with E-state index in [9.17, 15) is 0 Å². The van der Waals surface area contributed by atoms with Crippen LogP contribution in [0.5, 0.6) is 0 Å². The molecule has 9 aromatic carbocycles. The predicted molar refractivity (Wildman–Crippen MR) is 235 cm³/mol. The highest BCUT2D eigenvalue weighted by atomic mass is 32.1. The van der Waals surface area contributed by atoms with Crippen LogP contribution in [0.3, 0.4) is 0 Å². The molecule has 11 rings (SSSR count). The van der Waals surface area contributed by atoms with Crippen molar-refractivity contribution < 1.29 is 4.42 Å². The zero-order valence-electron chi connectivity index (χ0n) is 29.8. The van der Waals surface area contributed by atoms with Crippen LogP contribution in [0.1, 0.15) is 0 Å². The number of hydrogen-bond acceptors (Lipinski definition) is 3. The third-order valence-electron chi connectivity index (χ3n) is 10.9. The molecule has 2 nitrogen and oxygen atoms in total. The fourth-order valence-corrected chi connectivity index (χ4v) is 9.49. The Morgan fingerprint density at radius 2 is 0.945 bits per heavy atom. The van der Waals surface area contributed by atoms with Crippen molar-refractivity contribution in [2.75, 3.05) is 4.90 Å². The van der Waals surface area contributed by atoms with E-state index in [0.29, 0.717) is 0 Å². The molecule has 0 saturated heterocycles. The molecule has 3 heteroatoms. The highest BCUT2D eigenvalue weighted by molar-refractivity contribution is 7.26. The van der Waals surface area contributed by atoms with Crippen LogP contribution in [0.4, 0.5) is 17.1 Å². The molecule has 0 amide bonds. The summed E-state index contributed by atoms with van der Waals surface area (Å²) >= 11 is 1.85. The van der Waals surface area contributed by atoms with Crippen LogP contribution in [-0.4, -0.2) is 0 Å². The Bertz CT molecular complexity index is 3200. The summed E-state index contributed by atoms with van der Waals surface area (Å²) in [6.45, 7) is 0. The molecule has 55 heavy (non-hydrogen) atoms. The maximum atomic E-state index is 7.11. The maximum absolute atomic E-state index is 7.11. The lowest BCUT2D eigenvalue weighted by molar-refractivity contribution is 0.670. The molecule has 0 N–H and O–H groups in total. The van der Waals surface area contributed by atoms with Gasteiger partial charge in [0.2, 0.25) is 0 Å². The molecule has 0 unspecified atom stereocenters. The van der Waals surface area contributed by atoms with E-state index in [1.54, 1.807) is 0 Å². The largest absolute Gasteiger partial charge is 0.453 e. The monoisotopic (exact) mass is 719 g/mol. The second-order valence-electron chi connectivity index (χ2n) is 14.0. The number of furan rings is 1. The van der Waals surface area contributed by atoms with Gasteiger partial charge in [0.25, 0.3) is 0 Å². The summed E-state index contributed by atoms with van der Waals surface area (Å²) in [5.74, 6) is 0. The molecule has 0 spiro atoms. The van der Waals surface area contributed by atoms with E-state index < -0.39 is 0 Å². The highest BCUT2D eigenvalue weighted by Gasteiger charge is 2.23.